The number of methoxy groups -OCH3 is 1. The summed E-state index contributed by atoms with van der Waals surface area (Å²) in [4.78, 5) is 11.6. The summed E-state index contributed by atoms with van der Waals surface area (Å²) >= 11 is 0. The van der Waals surface area contributed by atoms with Crippen LogP contribution in [0.2, 0.25) is 0 Å². The fourth-order valence-corrected chi connectivity index (χ4v) is 5.42. The third kappa shape index (κ3) is 4.19. The third-order valence-electron chi connectivity index (χ3n) is 5.27. The molecule has 1 aliphatic carbocycles. The number of hydrogen-bond acceptors (Lipinski definition) is 5. The van der Waals surface area contributed by atoms with Gasteiger partial charge in [0.1, 0.15) is 0 Å². The molecule has 3 rings (SSSR count). The largest absolute Gasteiger partial charge is 0.478 e. The summed E-state index contributed by atoms with van der Waals surface area (Å²) in [6.45, 7) is 0.894. The van der Waals surface area contributed by atoms with Crippen LogP contribution in [0.15, 0.2) is 12.1 Å². The molecule has 0 radical (unpaired) electrons. The van der Waals surface area contributed by atoms with Crippen LogP contribution in [0.1, 0.15) is 47.2 Å². The SMILES string of the molecule is COC1(CS(=O)(=O)Nc2cc3c(cc2C(=O)O)CCCC3)CCOCC1. The maximum Gasteiger partial charge on any atom is 0.337 e. The summed E-state index contributed by atoms with van der Waals surface area (Å²) in [5.41, 5.74) is 1.34. The number of sulfonamides is 1. The predicted molar refractivity (Wildman–Crippen MR) is 97.2 cm³/mol. The summed E-state index contributed by atoms with van der Waals surface area (Å²) < 4.78 is 38.8. The van der Waals surface area contributed by atoms with Crippen LogP contribution in [-0.2, 0) is 32.3 Å². The van der Waals surface area contributed by atoms with Gasteiger partial charge in [-0.3, -0.25) is 4.72 Å². The van der Waals surface area contributed by atoms with Gasteiger partial charge in [0.25, 0.3) is 0 Å². The van der Waals surface area contributed by atoms with E-state index in [2.05, 4.69) is 4.72 Å². The second-order valence-electron chi connectivity index (χ2n) is 7.04. The van der Waals surface area contributed by atoms with Gasteiger partial charge in [-0.1, -0.05) is 0 Å². The van der Waals surface area contributed by atoms with Crippen molar-refractivity contribution in [3.8, 4) is 0 Å². The normalized spacial score (nSPS) is 19.6. The molecule has 8 heteroatoms. The molecule has 1 aromatic carbocycles. The lowest BCUT2D eigenvalue weighted by Crippen LogP contribution is -2.45. The van der Waals surface area contributed by atoms with Gasteiger partial charge in [0.05, 0.1) is 22.6 Å². The van der Waals surface area contributed by atoms with E-state index in [0.29, 0.717) is 26.1 Å². The Morgan fingerprint density at radius 1 is 1.23 bits per heavy atom. The number of aryl methyl sites for hydroxylation is 2. The van der Waals surface area contributed by atoms with Crippen molar-refractivity contribution in [1.82, 2.24) is 0 Å². The van der Waals surface area contributed by atoms with E-state index < -0.39 is 21.6 Å². The van der Waals surface area contributed by atoms with Gasteiger partial charge in [0.2, 0.25) is 10.0 Å². The molecule has 1 aliphatic heterocycles. The van der Waals surface area contributed by atoms with Gasteiger partial charge in [-0.25, -0.2) is 13.2 Å². The van der Waals surface area contributed by atoms with E-state index in [1.165, 1.54) is 7.11 Å². The monoisotopic (exact) mass is 383 g/mol. The highest BCUT2D eigenvalue weighted by Crippen LogP contribution is 2.31. The van der Waals surface area contributed by atoms with Crippen LogP contribution in [0, 0.1) is 0 Å². The van der Waals surface area contributed by atoms with Gasteiger partial charge in [0.15, 0.2) is 0 Å². The highest BCUT2D eigenvalue weighted by molar-refractivity contribution is 7.92. The first-order valence-corrected chi connectivity index (χ1v) is 10.5. The topological polar surface area (TPSA) is 102 Å². The number of nitrogens with one attached hydrogen (secondary N) is 1. The molecule has 1 saturated heterocycles. The number of carbonyl (C=O) groups is 1. The Morgan fingerprint density at radius 2 is 1.85 bits per heavy atom. The summed E-state index contributed by atoms with van der Waals surface area (Å²) in [6, 6.07) is 3.29. The van der Waals surface area contributed by atoms with Crippen molar-refractivity contribution in [1.29, 1.82) is 0 Å². The molecule has 2 aliphatic rings. The van der Waals surface area contributed by atoms with E-state index in [4.69, 9.17) is 9.47 Å². The summed E-state index contributed by atoms with van der Waals surface area (Å²) in [6.07, 6.45) is 4.69. The molecule has 144 valence electrons. The highest BCUT2D eigenvalue weighted by atomic mass is 32.2. The van der Waals surface area contributed by atoms with Gasteiger partial charge in [-0.2, -0.15) is 0 Å². The number of ether oxygens (including phenoxy) is 2. The Kier molecular flexibility index (Phi) is 5.55. The van der Waals surface area contributed by atoms with Crippen LogP contribution in [0.4, 0.5) is 5.69 Å². The van der Waals surface area contributed by atoms with Crippen molar-refractivity contribution >= 4 is 21.7 Å². The number of aromatic carboxylic acids is 1. The van der Waals surface area contributed by atoms with Crippen LogP contribution in [-0.4, -0.2) is 51.2 Å². The smallest absolute Gasteiger partial charge is 0.337 e. The summed E-state index contributed by atoms with van der Waals surface area (Å²) in [5.74, 6) is -1.36. The number of hydrogen-bond donors (Lipinski definition) is 2. The zero-order chi connectivity index (χ0) is 18.8. The Morgan fingerprint density at radius 3 is 2.42 bits per heavy atom. The second-order valence-corrected chi connectivity index (χ2v) is 8.76. The van der Waals surface area contributed by atoms with E-state index in [-0.39, 0.29) is 17.0 Å². The first-order chi connectivity index (χ1) is 12.3. The maximum atomic E-state index is 12.8. The van der Waals surface area contributed by atoms with E-state index in [1.54, 1.807) is 12.1 Å². The van der Waals surface area contributed by atoms with Crippen LogP contribution >= 0.6 is 0 Å². The molecule has 1 heterocycles. The van der Waals surface area contributed by atoms with Crippen molar-refractivity contribution < 1.29 is 27.8 Å². The standard InChI is InChI=1S/C18H25NO6S/c1-24-18(6-8-25-9-7-18)12-26(22,23)19-16-11-14-5-3-2-4-13(14)10-15(16)17(20)21/h10-11,19H,2-9,12H2,1H3,(H,20,21). The minimum Gasteiger partial charge on any atom is -0.478 e. The lowest BCUT2D eigenvalue weighted by atomic mass is 9.89. The number of carboxylic acid groups (broad SMARTS) is 1. The Bertz CT molecular complexity index is 783. The first-order valence-electron chi connectivity index (χ1n) is 8.87. The van der Waals surface area contributed by atoms with Crippen molar-refractivity contribution in [2.24, 2.45) is 0 Å². The molecule has 0 atom stereocenters. The van der Waals surface area contributed by atoms with Crippen LogP contribution in [0.5, 0.6) is 0 Å². The zero-order valence-corrected chi connectivity index (χ0v) is 15.7. The molecule has 0 amide bonds. The molecule has 26 heavy (non-hydrogen) atoms. The van der Waals surface area contributed by atoms with Crippen molar-refractivity contribution in [2.75, 3.05) is 30.8 Å². The lowest BCUT2D eigenvalue weighted by Gasteiger charge is -2.35. The Balaban J connectivity index is 1.87. The molecule has 1 aromatic rings. The van der Waals surface area contributed by atoms with E-state index in [0.717, 1.165) is 36.8 Å². The Labute approximate surface area is 153 Å². The third-order valence-corrected chi connectivity index (χ3v) is 6.71. The average Bonchev–Trinajstić information content (AvgIpc) is 2.61. The van der Waals surface area contributed by atoms with Gasteiger partial charge >= 0.3 is 5.97 Å². The van der Waals surface area contributed by atoms with Crippen LogP contribution in [0.25, 0.3) is 0 Å². The molecular weight excluding hydrogens is 358 g/mol. The van der Waals surface area contributed by atoms with E-state index in [9.17, 15) is 18.3 Å². The van der Waals surface area contributed by atoms with E-state index in [1.807, 2.05) is 0 Å². The van der Waals surface area contributed by atoms with Crippen molar-refractivity contribution in [2.45, 2.75) is 44.1 Å². The average molecular weight is 383 g/mol. The predicted octanol–water partition coefficient (Wildman–Crippen LogP) is 2.20. The maximum absolute atomic E-state index is 12.8. The number of rotatable bonds is 6. The van der Waals surface area contributed by atoms with Gasteiger partial charge in [-0.15, -0.1) is 0 Å². The Hall–Kier alpha value is -1.64. The van der Waals surface area contributed by atoms with Crippen molar-refractivity contribution in [3.63, 3.8) is 0 Å². The molecular formula is C18H25NO6S. The first kappa shape index (κ1) is 19.1. The van der Waals surface area contributed by atoms with E-state index >= 15 is 0 Å². The van der Waals surface area contributed by atoms with Crippen LogP contribution < -0.4 is 4.72 Å². The number of carboxylic acids is 1. The summed E-state index contributed by atoms with van der Waals surface area (Å²) in [5, 5.41) is 9.51. The minimum absolute atomic E-state index is 0.00679. The number of anilines is 1. The van der Waals surface area contributed by atoms with Crippen LogP contribution in [0.3, 0.4) is 0 Å². The lowest BCUT2D eigenvalue weighted by molar-refractivity contribution is -0.0749. The van der Waals surface area contributed by atoms with Gasteiger partial charge in [-0.05, 0) is 48.9 Å². The molecule has 0 bridgehead atoms. The quantitative estimate of drug-likeness (QED) is 0.781. The molecule has 0 unspecified atom stereocenters. The fourth-order valence-electron chi connectivity index (χ4n) is 3.75. The van der Waals surface area contributed by atoms with Crippen molar-refractivity contribution in [3.05, 3.63) is 28.8 Å². The molecule has 1 fully saturated rings. The molecule has 7 nitrogen and oxygen atoms in total. The molecule has 0 spiro atoms. The van der Waals surface area contributed by atoms with Gasteiger partial charge < -0.3 is 14.6 Å². The fraction of sp³-hybridized carbons (Fsp3) is 0.611. The molecule has 2 N–H and O–H groups in total. The highest BCUT2D eigenvalue weighted by Gasteiger charge is 2.38. The molecule has 0 aromatic heterocycles. The zero-order valence-electron chi connectivity index (χ0n) is 14.9. The summed E-state index contributed by atoms with van der Waals surface area (Å²) in [7, 11) is -2.28. The number of fused-ring (bicyclic) bond motifs is 1. The van der Waals surface area contributed by atoms with Gasteiger partial charge in [0, 0.05) is 33.2 Å². The second kappa shape index (κ2) is 7.54. The minimum atomic E-state index is -3.78. The number of benzene rings is 1. The molecule has 0 saturated carbocycles.